The number of aromatic amines is 1. The first-order valence-corrected chi connectivity index (χ1v) is 4.17. The average Bonchev–Trinajstić information content (AvgIpc) is 2.19. The Kier molecular flexibility index (Phi) is 1.85. The molecule has 0 bridgehead atoms. The molecular formula is C9H10N4O. The lowest BCUT2D eigenvalue weighted by Crippen LogP contribution is -2.07. The number of fused-ring (bicyclic) bond motifs is 1. The summed E-state index contributed by atoms with van der Waals surface area (Å²) >= 11 is 0. The van der Waals surface area contributed by atoms with E-state index in [-0.39, 0.29) is 5.56 Å². The smallest absolute Gasteiger partial charge is 0.258 e. The molecule has 0 fully saturated rings. The van der Waals surface area contributed by atoms with E-state index in [0.717, 1.165) is 5.69 Å². The molecule has 72 valence electrons. The highest BCUT2D eigenvalue weighted by atomic mass is 16.1. The molecule has 5 nitrogen and oxygen atoms in total. The maximum absolute atomic E-state index is 11.4. The van der Waals surface area contributed by atoms with Crippen molar-refractivity contribution in [2.45, 2.75) is 0 Å². The first-order valence-electron chi connectivity index (χ1n) is 4.17. The van der Waals surface area contributed by atoms with Crippen LogP contribution in [-0.4, -0.2) is 17.0 Å². The summed E-state index contributed by atoms with van der Waals surface area (Å²) in [5.41, 5.74) is 7.49. The van der Waals surface area contributed by atoms with Crippen molar-refractivity contribution in [1.82, 2.24) is 9.97 Å². The molecule has 5 heteroatoms. The Morgan fingerprint density at radius 1 is 1.50 bits per heavy atom. The Bertz CT molecular complexity index is 532. The topological polar surface area (TPSA) is 83.8 Å². The van der Waals surface area contributed by atoms with Crippen molar-refractivity contribution in [2.24, 2.45) is 0 Å². The van der Waals surface area contributed by atoms with Crippen LogP contribution in [0.3, 0.4) is 0 Å². The van der Waals surface area contributed by atoms with Crippen LogP contribution in [0.1, 0.15) is 0 Å². The summed E-state index contributed by atoms with van der Waals surface area (Å²) in [6.45, 7) is 0. The minimum atomic E-state index is -0.177. The number of aromatic nitrogens is 2. The van der Waals surface area contributed by atoms with E-state index in [1.165, 1.54) is 6.33 Å². The van der Waals surface area contributed by atoms with Gasteiger partial charge in [-0.25, -0.2) is 4.98 Å². The summed E-state index contributed by atoms with van der Waals surface area (Å²) in [7, 11) is 1.77. The van der Waals surface area contributed by atoms with Gasteiger partial charge in [0.1, 0.15) is 0 Å². The molecule has 0 spiro atoms. The Morgan fingerprint density at radius 3 is 3.00 bits per heavy atom. The first kappa shape index (κ1) is 8.55. The third-order valence-electron chi connectivity index (χ3n) is 2.08. The predicted molar refractivity (Wildman–Crippen MR) is 56.3 cm³/mol. The first-order chi connectivity index (χ1) is 6.72. The quantitative estimate of drug-likeness (QED) is 0.573. The number of benzene rings is 1. The summed E-state index contributed by atoms with van der Waals surface area (Å²) in [6, 6.07) is 3.37. The number of hydrogen-bond acceptors (Lipinski definition) is 4. The molecule has 0 amide bonds. The third-order valence-corrected chi connectivity index (χ3v) is 2.08. The van der Waals surface area contributed by atoms with Gasteiger partial charge in [-0.2, -0.15) is 0 Å². The summed E-state index contributed by atoms with van der Waals surface area (Å²) in [5, 5.41) is 3.43. The van der Waals surface area contributed by atoms with Gasteiger partial charge in [0.15, 0.2) is 0 Å². The fourth-order valence-electron chi connectivity index (χ4n) is 1.35. The van der Waals surface area contributed by atoms with Gasteiger partial charge in [0.05, 0.1) is 28.6 Å². The highest BCUT2D eigenvalue weighted by Gasteiger charge is 2.03. The van der Waals surface area contributed by atoms with E-state index in [2.05, 4.69) is 15.3 Å². The summed E-state index contributed by atoms with van der Waals surface area (Å²) in [5.74, 6) is 0. The van der Waals surface area contributed by atoms with Crippen molar-refractivity contribution in [3.8, 4) is 0 Å². The van der Waals surface area contributed by atoms with Crippen molar-refractivity contribution < 1.29 is 0 Å². The summed E-state index contributed by atoms with van der Waals surface area (Å²) in [6.07, 6.45) is 1.38. The zero-order valence-electron chi connectivity index (χ0n) is 7.66. The number of nitrogen functional groups attached to an aromatic ring is 1. The zero-order chi connectivity index (χ0) is 10.1. The Hall–Kier alpha value is -2.04. The second-order valence-electron chi connectivity index (χ2n) is 2.94. The van der Waals surface area contributed by atoms with Gasteiger partial charge in [0, 0.05) is 7.05 Å². The Balaban J connectivity index is 2.86. The predicted octanol–water partition coefficient (Wildman–Crippen LogP) is 0.547. The number of hydrogen-bond donors (Lipinski definition) is 3. The van der Waals surface area contributed by atoms with Gasteiger partial charge in [-0.3, -0.25) is 4.79 Å². The number of nitrogens with one attached hydrogen (secondary N) is 2. The van der Waals surface area contributed by atoms with Gasteiger partial charge >= 0.3 is 0 Å². The highest BCUT2D eigenvalue weighted by Crippen LogP contribution is 2.21. The van der Waals surface area contributed by atoms with Crippen molar-refractivity contribution in [3.05, 3.63) is 28.8 Å². The van der Waals surface area contributed by atoms with Crippen LogP contribution < -0.4 is 16.6 Å². The van der Waals surface area contributed by atoms with Gasteiger partial charge in [-0.1, -0.05) is 0 Å². The number of H-pyrrole nitrogens is 1. The second-order valence-corrected chi connectivity index (χ2v) is 2.94. The molecule has 1 heterocycles. The normalized spacial score (nSPS) is 10.4. The molecule has 4 N–H and O–H groups in total. The Labute approximate surface area is 80.0 Å². The summed E-state index contributed by atoms with van der Waals surface area (Å²) in [4.78, 5) is 17.9. The lowest BCUT2D eigenvalue weighted by molar-refractivity contribution is 1.17. The maximum atomic E-state index is 11.4. The van der Waals surface area contributed by atoms with Gasteiger partial charge in [0.2, 0.25) is 0 Å². The van der Waals surface area contributed by atoms with Crippen LogP contribution in [0.15, 0.2) is 23.3 Å². The van der Waals surface area contributed by atoms with E-state index in [1.807, 2.05) is 0 Å². The van der Waals surface area contributed by atoms with Crippen LogP contribution in [0.5, 0.6) is 0 Å². The fraction of sp³-hybridized carbons (Fsp3) is 0.111. The van der Waals surface area contributed by atoms with E-state index in [0.29, 0.717) is 16.6 Å². The number of rotatable bonds is 1. The third kappa shape index (κ3) is 1.19. The molecule has 0 saturated heterocycles. The molecule has 1 aromatic carbocycles. The van der Waals surface area contributed by atoms with Crippen LogP contribution >= 0.6 is 0 Å². The van der Waals surface area contributed by atoms with Crippen LogP contribution in [-0.2, 0) is 0 Å². The molecule has 14 heavy (non-hydrogen) atoms. The lowest BCUT2D eigenvalue weighted by atomic mass is 10.2. The Morgan fingerprint density at radius 2 is 2.29 bits per heavy atom. The molecule has 2 aromatic rings. The molecule has 2 rings (SSSR count). The molecule has 0 aliphatic carbocycles. The molecule has 0 radical (unpaired) electrons. The van der Waals surface area contributed by atoms with E-state index in [9.17, 15) is 4.79 Å². The van der Waals surface area contributed by atoms with E-state index in [1.54, 1.807) is 19.2 Å². The van der Waals surface area contributed by atoms with Gasteiger partial charge in [-0.05, 0) is 12.1 Å². The fourth-order valence-corrected chi connectivity index (χ4v) is 1.35. The molecule has 0 aliphatic rings. The van der Waals surface area contributed by atoms with Crippen LogP contribution in [0.25, 0.3) is 10.9 Å². The standard InChI is InChI=1S/C9H10N4O/c1-11-8-3-7-5(2-6(8)10)9(14)13-4-12-7/h2-4,11H,10H2,1H3,(H,12,13,14). The molecule has 0 unspecified atom stereocenters. The van der Waals surface area contributed by atoms with E-state index in [4.69, 9.17) is 5.73 Å². The second kappa shape index (κ2) is 3.02. The minimum absolute atomic E-state index is 0.177. The largest absolute Gasteiger partial charge is 0.397 e. The van der Waals surface area contributed by atoms with Crippen molar-refractivity contribution in [1.29, 1.82) is 0 Å². The molecule has 0 aliphatic heterocycles. The van der Waals surface area contributed by atoms with Crippen molar-refractivity contribution in [3.63, 3.8) is 0 Å². The number of anilines is 2. The van der Waals surface area contributed by atoms with E-state index < -0.39 is 0 Å². The van der Waals surface area contributed by atoms with Gasteiger partial charge in [-0.15, -0.1) is 0 Å². The summed E-state index contributed by atoms with van der Waals surface area (Å²) < 4.78 is 0. The van der Waals surface area contributed by atoms with Crippen molar-refractivity contribution >= 4 is 22.3 Å². The SMILES string of the molecule is CNc1cc2nc[nH]c(=O)c2cc1N. The van der Waals surface area contributed by atoms with Crippen LogP contribution in [0.4, 0.5) is 11.4 Å². The molecule has 0 atom stereocenters. The van der Waals surface area contributed by atoms with Crippen molar-refractivity contribution in [2.75, 3.05) is 18.1 Å². The monoisotopic (exact) mass is 190 g/mol. The maximum Gasteiger partial charge on any atom is 0.258 e. The van der Waals surface area contributed by atoms with Crippen LogP contribution in [0, 0.1) is 0 Å². The van der Waals surface area contributed by atoms with E-state index >= 15 is 0 Å². The number of nitrogens with zero attached hydrogens (tertiary/aromatic N) is 1. The molecule has 0 saturated carbocycles. The number of nitrogens with two attached hydrogens (primary N) is 1. The molecular weight excluding hydrogens is 180 g/mol. The molecule has 1 aromatic heterocycles. The zero-order valence-corrected chi connectivity index (χ0v) is 7.66. The highest BCUT2D eigenvalue weighted by molar-refractivity contribution is 5.87. The lowest BCUT2D eigenvalue weighted by Gasteiger charge is -2.05. The van der Waals surface area contributed by atoms with Gasteiger partial charge < -0.3 is 16.0 Å². The average molecular weight is 190 g/mol. The minimum Gasteiger partial charge on any atom is -0.397 e. The van der Waals surface area contributed by atoms with Gasteiger partial charge in [0.25, 0.3) is 5.56 Å². The van der Waals surface area contributed by atoms with Crippen LogP contribution in [0.2, 0.25) is 0 Å².